The van der Waals surface area contributed by atoms with E-state index in [1.165, 1.54) is 4.31 Å². The van der Waals surface area contributed by atoms with Crippen LogP contribution in [0.5, 0.6) is 5.75 Å². The summed E-state index contributed by atoms with van der Waals surface area (Å²) in [5.41, 5.74) is 0.794. The molecule has 1 fully saturated rings. The average molecular weight is 435 g/mol. The highest BCUT2D eigenvalue weighted by Gasteiger charge is 2.32. The Labute approximate surface area is 178 Å². The molecule has 30 heavy (non-hydrogen) atoms. The number of ether oxygens (including phenoxy) is 1. The molecule has 0 bridgehead atoms. The highest BCUT2D eigenvalue weighted by atomic mass is 32.2. The summed E-state index contributed by atoms with van der Waals surface area (Å²) in [6.45, 7) is 6.37. The van der Waals surface area contributed by atoms with Crippen LogP contribution in [-0.2, 0) is 21.4 Å². The lowest BCUT2D eigenvalue weighted by Crippen LogP contribution is -2.43. The van der Waals surface area contributed by atoms with Crippen molar-refractivity contribution in [2.45, 2.75) is 44.6 Å². The van der Waals surface area contributed by atoms with Crippen molar-refractivity contribution >= 4 is 15.9 Å². The summed E-state index contributed by atoms with van der Waals surface area (Å²) in [7, 11) is -3.57. The maximum absolute atomic E-state index is 13.0. The predicted octanol–water partition coefficient (Wildman–Crippen LogP) is 2.20. The molecule has 0 saturated carbocycles. The molecular formula is C21H30N4O4S. The van der Waals surface area contributed by atoms with Crippen LogP contribution >= 0.6 is 0 Å². The number of aromatic nitrogens is 2. The minimum absolute atomic E-state index is 0.00888. The molecule has 1 aromatic carbocycles. The van der Waals surface area contributed by atoms with Gasteiger partial charge in [-0.1, -0.05) is 0 Å². The molecule has 0 radical (unpaired) electrons. The molecule has 164 valence electrons. The van der Waals surface area contributed by atoms with E-state index in [1.54, 1.807) is 30.7 Å². The molecule has 1 saturated heterocycles. The van der Waals surface area contributed by atoms with Crippen LogP contribution in [0, 0.1) is 12.8 Å². The third-order valence-corrected chi connectivity index (χ3v) is 7.25. The van der Waals surface area contributed by atoms with Gasteiger partial charge in [0.1, 0.15) is 5.75 Å². The number of imidazole rings is 1. The van der Waals surface area contributed by atoms with Crippen molar-refractivity contribution in [1.82, 2.24) is 19.2 Å². The van der Waals surface area contributed by atoms with Gasteiger partial charge in [-0.15, -0.1) is 0 Å². The molecule has 1 aromatic heterocycles. The van der Waals surface area contributed by atoms with Crippen LogP contribution in [0.3, 0.4) is 0 Å². The van der Waals surface area contributed by atoms with Gasteiger partial charge in [-0.25, -0.2) is 13.4 Å². The normalized spacial score (nSPS) is 15.8. The predicted molar refractivity (Wildman–Crippen MR) is 114 cm³/mol. The van der Waals surface area contributed by atoms with Crippen molar-refractivity contribution in [3.05, 3.63) is 42.5 Å². The van der Waals surface area contributed by atoms with Gasteiger partial charge < -0.3 is 14.6 Å². The van der Waals surface area contributed by atoms with Crippen molar-refractivity contribution in [2.75, 3.05) is 26.2 Å². The minimum atomic E-state index is -3.57. The zero-order valence-electron chi connectivity index (χ0n) is 17.6. The number of carbonyl (C=O) groups is 1. The number of aryl methyl sites for hydroxylation is 2. The van der Waals surface area contributed by atoms with Gasteiger partial charge in [0, 0.05) is 44.5 Å². The van der Waals surface area contributed by atoms with E-state index in [4.69, 9.17) is 4.74 Å². The molecule has 0 unspecified atom stereocenters. The number of hydrogen-bond acceptors (Lipinski definition) is 5. The zero-order valence-corrected chi connectivity index (χ0v) is 18.4. The molecule has 1 aliphatic heterocycles. The number of piperidine rings is 1. The molecule has 2 heterocycles. The van der Waals surface area contributed by atoms with Gasteiger partial charge in [0.15, 0.2) is 0 Å². The number of nitrogens with one attached hydrogen (secondary N) is 1. The second-order valence-electron chi connectivity index (χ2n) is 7.48. The van der Waals surface area contributed by atoms with E-state index in [1.807, 2.05) is 24.6 Å². The van der Waals surface area contributed by atoms with Crippen LogP contribution in [0.2, 0.25) is 0 Å². The fraction of sp³-hybridized carbons (Fsp3) is 0.524. The number of rotatable bonds is 9. The summed E-state index contributed by atoms with van der Waals surface area (Å²) in [6.07, 6.45) is 7.26. The SMILES string of the molecule is CCOc1ccc(S(=O)(=O)N2CCC(C(=O)NCCCn3ccnc3)CC2)cc1C. The lowest BCUT2D eigenvalue weighted by atomic mass is 9.97. The fourth-order valence-corrected chi connectivity index (χ4v) is 5.20. The standard InChI is InChI=1S/C21H30N4O4S/c1-3-29-20-6-5-19(15-17(20)2)30(27,28)25-12-7-18(8-13-25)21(26)23-9-4-11-24-14-10-22-16-24/h5-6,10,14-16,18H,3-4,7-9,11-13H2,1-2H3,(H,23,26). The Kier molecular flexibility index (Phi) is 7.49. The van der Waals surface area contributed by atoms with E-state index in [9.17, 15) is 13.2 Å². The first-order chi connectivity index (χ1) is 14.4. The third-order valence-electron chi connectivity index (χ3n) is 5.36. The Bertz CT molecular complexity index is 936. The number of amides is 1. The third kappa shape index (κ3) is 5.40. The van der Waals surface area contributed by atoms with Crippen molar-refractivity contribution in [3.8, 4) is 5.75 Å². The first kappa shape index (κ1) is 22.3. The highest BCUT2D eigenvalue weighted by molar-refractivity contribution is 7.89. The monoisotopic (exact) mass is 434 g/mol. The summed E-state index contributed by atoms with van der Waals surface area (Å²) in [5, 5.41) is 2.97. The van der Waals surface area contributed by atoms with Crippen molar-refractivity contribution in [2.24, 2.45) is 5.92 Å². The summed E-state index contributed by atoms with van der Waals surface area (Å²) in [4.78, 5) is 16.7. The van der Waals surface area contributed by atoms with Gasteiger partial charge >= 0.3 is 0 Å². The maximum Gasteiger partial charge on any atom is 0.243 e. The molecule has 9 heteroatoms. The van der Waals surface area contributed by atoms with Crippen LogP contribution in [0.1, 0.15) is 31.7 Å². The van der Waals surface area contributed by atoms with E-state index in [-0.39, 0.29) is 16.7 Å². The number of benzene rings is 1. The molecule has 0 aliphatic carbocycles. The largest absolute Gasteiger partial charge is 0.494 e. The summed E-state index contributed by atoms with van der Waals surface area (Å²) in [6, 6.07) is 4.95. The number of carbonyl (C=O) groups excluding carboxylic acids is 1. The zero-order chi connectivity index (χ0) is 21.6. The second-order valence-corrected chi connectivity index (χ2v) is 9.42. The van der Waals surface area contributed by atoms with Gasteiger partial charge in [0.05, 0.1) is 17.8 Å². The summed E-state index contributed by atoms with van der Waals surface area (Å²) < 4.78 is 34.9. The van der Waals surface area contributed by atoms with E-state index in [2.05, 4.69) is 10.3 Å². The van der Waals surface area contributed by atoms with Crippen molar-refractivity contribution in [1.29, 1.82) is 0 Å². The first-order valence-electron chi connectivity index (χ1n) is 10.4. The van der Waals surface area contributed by atoms with E-state index in [0.717, 1.165) is 18.5 Å². The van der Waals surface area contributed by atoms with Crippen LogP contribution in [0.4, 0.5) is 0 Å². The smallest absolute Gasteiger partial charge is 0.243 e. The number of nitrogens with zero attached hydrogens (tertiary/aromatic N) is 3. The Morgan fingerprint density at radius 2 is 2.07 bits per heavy atom. The van der Waals surface area contributed by atoms with Crippen LogP contribution in [0.15, 0.2) is 41.8 Å². The Morgan fingerprint density at radius 1 is 1.30 bits per heavy atom. The molecular weight excluding hydrogens is 404 g/mol. The van der Waals surface area contributed by atoms with Gasteiger partial charge in [-0.3, -0.25) is 4.79 Å². The molecule has 0 spiro atoms. The Hall–Kier alpha value is -2.39. The van der Waals surface area contributed by atoms with Crippen LogP contribution in [0.25, 0.3) is 0 Å². The topological polar surface area (TPSA) is 93.5 Å². The van der Waals surface area contributed by atoms with E-state index in [0.29, 0.717) is 44.8 Å². The molecule has 8 nitrogen and oxygen atoms in total. The molecule has 3 rings (SSSR count). The Morgan fingerprint density at radius 3 is 2.70 bits per heavy atom. The van der Waals surface area contributed by atoms with Gasteiger partial charge in [0.2, 0.25) is 15.9 Å². The molecule has 2 aromatic rings. The second kappa shape index (κ2) is 10.1. The molecule has 1 amide bonds. The summed E-state index contributed by atoms with van der Waals surface area (Å²) >= 11 is 0. The quantitative estimate of drug-likeness (QED) is 0.611. The van der Waals surface area contributed by atoms with Crippen molar-refractivity contribution in [3.63, 3.8) is 0 Å². The lowest BCUT2D eigenvalue weighted by Gasteiger charge is -2.30. The molecule has 1 N–H and O–H groups in total. The fourth-order valence-electron chi connectivity index (χ4n) is 3.64. The van der Waals surface area contributed by atoms with Gasteiger partial charge in [-0.2, -0.15) is 4.31 Å². The van der Waals surface area contributed by atoms with Crippen LogP contribution in [-0.4, -0.2) is 54.4 Å². The minimum Gasteiger partial charge on any atom is -0.494 e. The number of sulfonamides is 1. The van der Waals surface area contributed by atoms with E-state index < -0.39 is 10.0 Å². The average Bonchev–Trinajstić information content (AvgIpc) is 3.26. The lowest BCUT2D eigenvalue weighted by molar-refractivity contribution is -0.126. The van der Waals surface area contributed by atoms with Crippen molar-refractivity contribution < 1.29 is 17.9 Å². The highest BCUT2D eigenvalue weighted by Crippen LogP contribution is 2.27. The maximum atomic E-state index is 13.0. The van der Waals surface area contributed by atoms with E-state index >= 15 is 0 Å². The summed E-state index contributed by atoms with van der Waals surface area (Å²) in [5.74, 6) is 0.557. The first-order valence-corrected chi connectivity index (χ1v) is 11.8. The van der Waals surface area contributed by atoms with Gasteiger partial charge in [0.25, 0.3) is 0 Å². The van der Waals surface area contributed by atoms with Gasteiger partial charge in [-0.05, 0) is 56.9 Å². The molecule has 1 aliphatic rings. The Balaban J connectivity index is 1.49. The molecule has 0 atom stereocenters. The number of hydrogen-bond donors (Lipinski definition) is 1. The van der Waals surface area contributed by atoms with Crippen LogP contribution < -0.4 is 10.1 Å².